The van der Waals surface area contributed by atoms with E-state index in [-0.39, 0.29) is 12.5 Å². The molecule has 5 heteroatoms. The third-order valence-corrected chi connectivity index (χ3v) is 4.69. The Labute approximate surface area is 155 Å². The number of hydrogen-bond donors (Lipinski definition) is 3. The van der Waals surface area contributed by atoms with Crippen LogP contribution in [0.3, 0.4) is 0 Å². The Morgan fingerprint density at radius 1 is 0.960 bits per heavy atom. The van der Waals surface area contributed by atoms with Gasteiger partial charge in [0.05, 0.1) is 27.2 Å². The number of quaternary nitrogens is 1. The summed E-state index contributed by atoms with van der Waals surface area (Å²) in [5.41, 5.74) is 0. The number of unbranched alkanes of at least 4 members (excludes halogenated alkanes) is 8. The fourth-order valence-corrected chi connectivity index (χ4v) is 3.14. The van der Waals surface area contributed by atoms with Crippen LogP contribution < -0.4 is 5.32 Å². The van der Waals surface area contributed by atoms with Gasteiger partial charge in [-0.3, -0.25) is 4.79 Å². The minimum absolute atomic E-state index is 0.156. The third kappa shape index (κ3) is 16.6. The van der Waals surface area contributed by atoms with Crippen LogP contribution in [0, 0.1) is 0 Å². The van der Waals surface area contributed by atoms with Crippen molar-refractivity contribution < 1.29 is 19.5 Å². The second kappa shape index (κ2) is 15.6. The van der Waals surface area contributed by atoms with Crippen LogP contribution in [-0.4, -0.2) is 67.0 Å². The van der Waals surface area contributed by atoms with Gasteiger partial charge >= 0.3 is 0 Å². The van der Waals surface area contributed by atoms with Gasteiger partial charge < -0.3 is 20.0 Å². The van der Waals surface area contributed by atoms with Gasteiger partial charge in [0.2, 0.25) is 5.91 Å². The summed E-state index contributed by atoms with van der Waals surface area (Å²) in [5, 5.41) is 21.4. The molecule has 1 atom stereocenters. The summed E-state index contributed by atoms with van der Waals surface area (Å²) < 4.78 is 0.649. The molecule has 0 spiro atoms. The molecule has 0 heterocycles. The number of nitrogens with one attached hydrogen (secondary N) is 1. The SMILES string of the molecule is CCCCCCCCCCCC(=O)NCCC[N+](C)(C)CC(O)CO. The number of amides is 1. The van der Waals surface area contributed by atoms with E-state index < -0.39 is 6.10 Å². The first-order valence-electron chi connectivity index (χ1n) is 10.3. The van der Waals surface area contributed by atoms with Crippen LogP contribution >= 0.6 is 0 Å². The molecular formula is C20H43N2O3+. The van der Waals surface area contributed by atoms with E-state index >= 15 is 0 Å². The molecule has 0 aliphatic heterocycles. The molecule has 0 aromatic heterocycles. The van der Waals surface area contributed by atoms with E-state index in [0.29, 0.717) is 24.0 Å². The number of rotatable bonds is 17. The molecule has 0 fully saturated rings. The van der Waals surface area contributed by atoms with E-state index in [2.05, 4.69) is 12.2 Å². The second-order valence-electron chi connectivity index (χ2n) is 7.96. The number of aliphatic hydroxyl groups is 2. The smallest absolute Gasteiger partial charge is 0.219 e. The fourth-order valence-electron chi connectivity index (χ4n) is 3.14. The fraction of sp³-hybridized carbons (Fsp3) is 0.950. The molecule has 0 rings (SSSR count). The molecule has 25 heavy (non-hydrogen) atoms. The van der Waals surface area contributed by atoms with Crippen LogP contribution in [0.5, 0.6) is 0 Å². The standard InChI is InChI=1S/C20H42N2O3/c1-4-5-6-7-8-9-10-11-12-14-20(25)21-15-13-16-22(2,3)17-19(24)18-23/h19,23-24H,4-18H2,1-3H3/p+1. The summed E-state index contributed by atoms with van der Waals surface area (Å²) in [7, 11) is 4.06. The normalized spacial score (nSPS) is 13.0. The third-order valence-electron chi connectivity index (χ3n) is 4.69. The van der Waals surface area contributed by atoms with E-state index in [0.717, 1.165) is 25.8 Å². The van der Waals surface area contributed by atoms with Crippen LogP contribution in [0.2, 0.25) is 0 Å². The summed E-state index contributed by atoms with van der Waals surface area (Å²) in [5.74, 6) is 0.156. The number of likely N-dealkylation sites (N-methyl/N-ethyl adjacent to an activating group) is 1. The van der Waals surface area contributed by atoms with E-state index in [9.17, 15) is 9.90 Å². The Balaban J connectivity index is 3.47. The van der Waals surface area contributed by atoms with Gasteiger partial charge in [0, 0.05) is 19.4 Å². The molecule has 1 unspecified atom stereocenters. The maximum atomic E-state index is 11.8. The van der Waals surface area contributed by atoms with Crippen LogP contribution in [0.1, 0.15) is 77.6 Å². The van der Waals surface area contributed by atoms with E-state index in [1.165, 1.54) is 44.9 Å². The van der Waals surface area contributed by atoms with Crippen LogP contribution in [-0.2, 0) is 4.79 Å². The minimum Gasteiger partial charge on any atom is -0.393 e. The molecule has 0 aliphatic rings. The Kier molecular flexibility index (Phi) is 15.2. The number of nitrogens with zero attached hydrogens (tertiary/aromatic N) is 1. The lowest BCUT2D eigenvalue weighted by Gasteiger charge is -2.31. The molecule has 0 aromatic carbocycles. The molecular weight excluding hydrogens is 316 g/mol. The van der Waals surface area contributed by atoms with Crippen molar-refractivity contribution in [3.05, 3.63) is 0 Å². The van der Waals surface area contributed by atoms with Crippen molar-refractivity contribution in [3.8, 4) is 0 Å². The highest BCUT2D eigenvalue weighted by atomic mass is 16.3. The van der Waals surface area contributed by atoms with Gasteiger partial charge in [-0.2, -0.15) is 0 Å². The Bertz CT molecular complexity index is 322. The van der Waals surface area contributed by atoms with Gasteiger partial charge in [0.25, 0.3) is 0 Å². The number of carbonyl (C=O) groups is 1. The van der Waals surface area contributed by atoms with E-state index in [1.807, 2.05) is 14.1 Å². The zero-order valence-electron chi connectivity index (χ0n) is 16.9. The van der Waals surface area contributed by atoms with Gasteiger partial charge in [-0.15, -0.1) is 0 Å². The Hall–Kier alpha value is -0.650. The predicted molar refractivity (Wildman–Crippen MR) is 104 cm³/mol. The van der Waals surface area contributed by atoms with Gasteiger partial charge in [-0.25, -0.2) is 0 Å². The summed E-state index contributed by atoms with van der Waals surface area (Å²) >= 11 is 0. The average Bonchev–Trinajstić information content (AvgIpc) is 2.56. The molecule has 0 aromatic rings. The molecule has 5 nitrogen and oxygen atoms in total. The zero-order valence-corrected chi connectivity index (χ0v) is 16.9. The highest BCUT2D eigenvalue weighted by Gasteiger charge is 2.19. The summed E-state index contributed by atoms with van der Waals surface area (Å²) in [4.78, 5) is 11.8. The second-order valence-corrected chi connectivity index (χ2v) is 7.96. The Morgan fingerprint density at radius 2 is 1.52 bits per heavy atom. The summed E-state index contributed by atoms with van der Waals surface area (Å²) in [6.07, 6.45) is 12.3. The lowest BCUT2D eigenvalue weighted by Crippen LogP contribution is -2.47. The average molecular weight is 360 g/mol. The van der Waals surface area contributed by atoms with Crippen molar-refractivity contribution >= 4 is 5.91 Å². The van der Waals surface area contributed by atoms with Crippen LogP contribution in [0.15, 0.2) is 0 Å². The quantitative estimate of drug-likeness (QED) is 0.276. The summed E-state index contributed by atoms with van der Waals surface area (Å²) in [6.45, 7) is 4.13. The van der Waals surface area contributed by atoms with Crippen molar-refractivity contribution in [1.29, 1.82) is 0 Å². The molecule has 0 saturated heterocycles. The molecule has 0 bridgehead atoms. The lowest BCUT2D eigenvalue weighted by atomic mass is 10.1. The number of carbonyl (C=O) groups excluding carboxylic acids is 1. The van der Waals surface area contributed by atoms with Crippen molar-refractivity contribution in [2.75, 3.05) is 40.3 Å². The largest absolute Gasteiger partial charge is 0.393 e. The van der Waals surface area contributed by atoms with Crippen LogP contribution in [0.25, 0.3) is 0 Å². The first-order chi connectivity index (χ1) is 11.9. The van der Waals surface area contributed by atoms with Gasteiger partial charge in [-0.05, 0) is 6.42 Å². The van der Waals surface area contributed by atoms with E-state index in [4.69, 9.17) is 5.11 Å². The lowest BCUT2D eigenvalue weighted by molar-refractivity contribution is -0.893. The maximum Gasteiger partial charge on any atom is 0.219 e. The van der Waals surface area contributed by atoms with Crippen molar-refractivity contribution in [2.24, 2.45) is 0 Å². The van der Waals surface area contributed by atoms with E-state index in [1.54, 1.807) is 0 Å². The monoisotopic (exact) mass is 359 g/mol. The van der Waals surface area contributed by atoms with Gasteiger partial charge in [-0.1, -0.05) is 58.3 Å². The molecule has 0 saturated carbocycles. The maximum absolute atomic E-state index is 11.8. The highest BCUT2D eigenvalue weighted by molar-refractivity contribution is 5.75. The zero-order chi connectivity index (χ0) is 19.0. The van der Waals surface area contributed by atoms with Crippen molar-refractivity contribution in [1.82, 2.24) is 5.32 Å². The molecule has 1 amide bonds. The summed E-state index contributed by atoms with van der Waals surface area (Å²) in [6, 6.07) is 0. The molecule has 0 aliphatic carbocycles. The molecule has 0 radical (unpaired) electrons. The highest BCUT2D eigenvalue weighted by Crippen LogP contribution is 2.10. The van der Waals surface area contributed by atoms with Crippen molar-refractivity contribution in [3.63, 3.8) is 0 Å². The minimum atomic E-state index is -0.670. The van der Waals surface area contributed by atoms with Gasteiger partial charge in [0.15, 0.2) is 0 Å². The first-order valence-corrected chi connectivity index (χ1v) is 10.3. The topological polar surface area (TPSA) is 69.6 Å². The first kappa shape index (κ1) is 24.4. The molecule has 150 valence electrons. The van der Waals surface area contributed by atoms with Crippen LogP contribution in [0.4, 0.5) is 0 Å². The predicted octanol–water partition coefficient (Wildman–Crippen LogP) is 2.84. The van der Waals surface area contributed by atoms with Crippen molar-refractivity contribution in [2.45, 2.75) is 83.7 Å². The number of hydrogen-bond acceptors (Lipinski definition) is 3. The Morgan fingerprint density at radius 3 is 2.08 bits per heavy atom. The van der Waals surface area contributed by atoms with Gasteiger partial charge in [0.1, 0.15) is 12.6 Å². The molecule has 3 N–H and O–H groups in total. The number of aliphatic hydroxyl groups excluding tert-OH is 2.